The highest BCUT2D eigenvalue weighted by Gasteiger charge is 2.40. The second kappa shape index (κ2) is 8.07. The zero-order valence-electron chi connectivity index (χ0n) is 11.8. The first-order chi connectivity index (χ1) is 8.89. The molecule has 1 heterocycles. The molecule has 19 heavy (non-hydrogen) atoms. The van der Waals surface area contributed by atoms with Crippen LogP contribution in [0, 0.1) is 11.8 Å². The molecule has 1 saturated heterocycles. The molecular formula is C13H25F3N2O. The first-order valence-corrected chi connectivity index (χ1v) is 6.97. The lowest BCUT2D eigenvalue weighted by molar-refractivity contribution is -0.176. The molecule has 1 aliphatic rings. The van der Waals surface area contributed by atoms with Crippen LogP contribution >= 0.6 is 0 Å². The zero-order chi connectivity index (χ0) is 14.3. The van der Waals surface area contributed by atoms with E-state index < -0.39 is 12.1 Å². The van der Waals surface area contributed by atoms with Crippen molar-refractivity contribution in [1.82, 2.24) is 10.2 Å². The fourth-order valence-corrected chi connectivity index (χ4v) is 2.02. The molecule has 0 radical (unpaired) electrons. The molecule has 3 nitrogen and oxygen atoms in total. The zero-order valence-corrected chi connectivity index (χ0v) is 11.8. The van der Waals surface area contributed by atoms with Crippen molar-refractivity contribution < 1.29 is 17.9 Å². The van der Waals surface area contributed by atoms with Crippen LogP contribution in [-0.2, 0) is 4.74 Å². The number of halogens is 3. The Kier molecular flexibility index (Phi) is 7.10. The van der Waals surface area contributed by atoms with Gasteiger partial charge in [-0.05, 0) is 12.3 Å². The Morgan fingerprint density at radius 1 is 1.32 bits per heavy atom. The number of nitrogens with one attached hydrogen (secondary N) is 1. The molecule has 0 amide bonds. The van der Waals surface area contributed by atoms with E-state index in [0.717, 1.165) is 6.42 Å². The summed E-state index contributed by atoms with van der Waals surface area (Å²) in [6.07, 6.45) is -3.12. The van der Waals surface area contributed by atoms with E-state index in [2.05, 4.69) is 19.2 Å². The predicted octanol–water partition coefficient (Wildman–Crippen LogP) is 2.13. The minimum absolute atomic E-state index is 0.0220. The summed E-state index contributed by atoms with van der Waals surface area (Å²) in [5.41, 5.74) is 0. The lowest BCUT2D eigenvalue weighted by atomic mass is 10.1. The van der Waals surface area contributed by atoms with Crippen molar-refractivity contribution in [1.29, 1.82) is 0 Å². The highest BCUT2D eigenvalue weighted by molar-refractivity contribution is 4.78. The highest BCUT2D eigenvalue weighted by atomic mass is 19.4. The van der Waals surface area contributed by atoms with Gasteiger partial charge in [0, 0.05) is 39.3 Å². The Labute approximate surface area is 113 Å². The molecule has 1 rings (SSSR count). The smallest absolute Gasteiger partial charge is 0.380 e. The van der Waals surface area contributed by atoms with Crippen molar-refractivity contribution in [2.75, 3.05) is 45.9 Å². The molecule has 0 bridgehead atoms. The molecule has 1 N–H and O–H groups in total. The summed E-state index contributed by atoms with van der Waals surface area (Å²) in [5, 5.41) is 2.85. The number of nitrogens with zero attached hydrogens (tertiary/aromatic N) is 1. The number of rotatable bonds is 6. The van der Waals surface area contributed by atoms with Crippen molar-refractivity contribution in [3.8, 4) is 0 Å². The van der Waals surface area contributed by atoms with Gasteiger partial charge in [0.25, 0.3) is 0 Å². The SMILES string of the molecule is CC(C)CCOCCN1CCNCC(C(F)(F)F)C1. The monoisotopic (exact) mass is 282 g/mol. The molecule has 0 aromatic carbocycles. The highest BCUT2D eigenvalue weighted by Crippen LogP contribution is 2.27. The Balaban J connectivity index is 2.24. The first kappa shape index (κ1) is 16.7. The van der Waals surface area contributed by atoms with Gasteiger partial charge in [-0.25, -0.2) is 0 Å². The van der Waals surface area contributed by atoms with E-state index in [9.17, 15) is 13.2 Å². The summed E-state index contributed by atoms with van der Waals surface area (Å²) >= 11 is 0. The molecule has 114 valence electrons. The van der Waals surface area contributed by atoms with Crippen LogP contribution in [0.4, 0.5) is 13.2 Å². The van der Waals surface area contributed by atoms with E-state index >= 15 is 0 Å². The van der Waals surface area contributed by atoms with Crippen molar-refractivity contribution in [2.45, 2.75) is 26.4 Å². The van der Waals surface area contributed by atoms with Gasteiger partial charge in [-0.2, -0.15) is 13.2 Å². The number of alkyl halides is 3. The van der Waals surface area contributed by atoms with Crippen molar-refractivity contribution in [3.63, 3.8) is 0 Å². The van der Waals surface area contributed by atoms with Crippen molar-refractivity contribution in [3.05, 3.63) is 0 Å². The summed E-state index contributed by atoms with van der Waals surface area (Å²) in [6.45, 7) is 7.38. The summed E-state index contributed by atoms with van der Waals surface area (Å²) < 4.78 is 43.7. The fourth-order valence-electron chi connectivity index (χ4n) is 2.02. The predicted molar refractivity (Wildman–Crippen MR) is 69.1 cm³/mol. The third kappa shape index (κ3) is 7.13. The Bertz CT molecular complexity index is 247. The molecule has 0 aromatic heterocycles. The minimum Gasteiger partial charge on any atom is -0.380 e. The molecular weight excluding hydrogens is 257 g/mol. The van der Waals surface area contributed by atoms with Crippen LogP contribution < -0.4 is 5.32 Å². The lowest BCUT2D eigenvalue weighted by Gasteiger charge is -2.25. The summed E-state index contributed by atoms with van der Waals surface area (Å²) in [7, 11) is 0. The van der Waals surface area contributed by atoms with Crippen LogP contribution in [0.3, 0.4) is 0 Å². The van der Waals surface area contributed by atoms with Gasteiger partial charge in [-0.3, -0.25) is 4.90 Å². The minimum atomic E-state index is -4.12. The molecule has 1 atom stereocenters. The van der Waals surface area contributed by atoms with Gasteiger partial charge in [0.05, 0.1) is 12.5 Å². The van der Waals surface area contributed by atoms with Crippen LogP contribution in [0.25, 0.3) is 0 Å². The van der Waals surface area contributed by atoms with E-state index in [1.54, 1.807) is 0 Å². The quantitative estimate of drug-likeness (QED) is 0.755. The number of ether oxygens (including phenoxy) is 1. The standard InChI is InChI=1S/C13H25F3N2O/c1-11(2)3-7-19-8-6-18-5-4-17-9-12(10-18)13(14,15)16/h11-12,17H,3-10H2,1-2H3. The molecule has 0 aliphatic carbocycles. The van der Waals surface area contributed by atoms with Gasteiger partial charge in [-0.1, -0.05) is 13.8 Å². The van der Waals surface area contributed by atoms with Gasteiger partial charge in [0.1, 0.15) is 0 Å². The van der Waals surface area contributed by atoms with E-state index in [-0.39, 0.29) is 13.1 Å². The Morgan fingerprint density at radius 2 is 2.05 bits per heavy atom. The topological polar surface area (TPSA) is 24.5 Å². The summed E-state index contributed by atoms with van der Waals surface area (Å²) in [4.78, 5) is 1.84. The first-order valence-electron chi connectivity index (χ1n) is 6.97. The van der Waals surface area contributed by atoms with Crippen molar-refractivity contribution >= 4 is 0 Å². The molecule has 0 saturated carbocycles. The van der Waals surface area contributed by atoms with E-state index in [4.69, 9.17) is 4.74 Å². The molecule has 1 aliphatic heterocycles. The summed E-state index contributed by atoms with van der Waals surface area (Å²) in [6, 6.07) is 0. The van der Waals surface area contributed by atoms with E-state index in [1.165, 1.54) is 0 Å². The van der Waals surface area contributed by atoms with Crippen LogP contribution in [0.1, 0.15) is 20.3 Å². The van der Waals surface area contributed by atoms with Crippen LogP contribution in [0.5, 0.6) is 0 Å². The normalized spacial score (nSPS) is 22.7. The van der Waals surface area contributed by atoms with E-state index in [1.807, 2.05) is 4.90 Å². The van der Waals surface area contributed by atoms with Gasteiger partial charge in [-0.15, -0.1) is 0 Å². The maximum absolute atomic E-state index is 12.7. The molecule has 0 aromatic rings. The Morgan fingerprint density at radius 3 is 2.68 bits per heavy atom. The fraction of sp³-hybridized carbons (Fsp3) is 1.00. The third-order valence-corrected chi connectivity index (χ3v) is 3.33. The maximum atomic E-state index is 12.7. The molecule has 0 spiro atoms. The van der Waals surface area contributed by atoms with Crippen LogP contribution in [0.2, 0.25) is 0 Å². The molecule has 1 fully saturated rings. The van der Waals surface area contributed by atoms with Crippen molar-refractivity contribution in [2.24, 2.45) is 11.8 Å². The second-order valence-corrected chi connectivity index (χ2v) is 5.54. The maximum Gasteiger partial charge on any atom is 0.394 e. The second-order valence-electron chi connectivity index (χ2n) is 5.54. The lowest BCUT2D eigenvalue weighted by Crippen LogP contribution is -2.39. The number of hydrogen-bond donors (Lipinski definition) is 1. The molecule has 1 unspecified atom stereocenters. The largest absolute Gasteiger partial charge is 0.394 e. The van der Waals surface area contributed by atoms with Gasteiger partial charge >= 0.3 is 6.18 Å². The average Bonchev–Trinajstić information content (AvgIpc) is 2.53. The van der Waals surface area contributed by atoms with E-state index in [0.29, 0.717) is 38.8 Å². The third-order valence-electron chi connectivity index (χ3n) is 3.33. The van der Waals surface area contributed by atoms with Gasteiger partial charge in [0.2, 0.25) is 0 Å². The van der Waals surface area contributed by atoms with Gasteiger partial charge in [0.15, 0.2) is 0 Å². The Hall–Kier alpha value is -0.330. The summed E-state index contributed by atoms with van der Waals surface area (Å²) in [5.74, 6) is -0.678. The molecule has 6 heteroatoms. The number of hydrogen-bond acceptors (Lipinski definition) is 3. The van der Waals surface area contributed by atoms with Crippen LogP contribution in [0.15, 0.2) is 0 Å². The van der Waals surface area contributed by atoms with Crippen LogP contribution in [-0.4, -0.2) is 57.0 Å². The van der Waals surface area contributed by atoms with Gasteiger partial charge < -0.3 is 10.1 Å². The average molecular weight is 282 g/mol.